The van der Waals surface area contributed by atoms with E-state index in [4.69, 9.17) is 0 Å². The van der Waals surface area contributed by atoms with Gasteiger partial charge in [-0.25, -0.2) is 9.49 Å². The first kappa shape index (κ1) is 24.1. The van der Waals surface area contributed by atoms with E-state index < -0.39 is 5.82 Å². The molecule has 0 bridgehead atoms. The van der Waals surface area contributed by atoms with Crippen LogP contribution >= 0.6 is 11.3 Å². The molecule has 1 aliphatic rings. The summed E-state index contributed by atoms with van der Waals surface area (Å²) >= 11 is 1.70. The summed E-state index contributed by atoms with van der Waals surface area (Å²) in [5, 5.41) is 17.8. The number of carbonyl (C=O) groups excluding carboxylic acids is 1. The zero-order valence-corrected chi connectivity index (χ0v) is 21.4. The van der Waals surface area contributed by atoms with Crippen LogP contribution in [0.3, 0.4) is 0 Å². The summed E-state index contributed by atoms with van der Waals surface area (Å²) in [7, 11) is 0. The SMILES string of the molecule is Cc1cc(O)ccc1-c1cc2c(s1)CCN(C(=O)c1cc(Cc3n[nH]c(=O)c4ccccc34)ccc1F)C2. The monoisotopic (exact) mass is 525 g/mol. The van der Waals surface area contributed by atoms with Gasteiger partial charge >= 0.3 is 0 Å². The highest BCUT2D eigenvalue weighted by Crippen LogP contribution is 2.37. The summed E-state index contributed by atoms with van der Waals surface area (Å²) in [5.74, 6) is -0.671. The molecule has 0 unspecified atom stereocenters. The third kappa shape index (κ3) is 4.37. The number of thiophene rings is 1. The molecule has 6 rings (SSSR count). The van der Waals surface area contributed by atoms with Gasteiger partial charge in [0, 0.05) is 34.7 Å². The van der Waals surface area contributed by atoms with Gasteiger partial charge in [0.25, 0.3) is 11.5 Å². The topological polar surface area (TPSA) is 86.3 Å². The number of nitrogens with one attached hydrogen (secondary N) is 1. The van der Waals surface area contributed by atoms with Crippen LogP contribution in [0.2, 0.25) is 0 Å². The number of aromatic nitrogens is 2. The number of nitrogens with zero attached hydrogens (tertiary/aromatic N) is 2. The predicted molar refractivity (Wildman–Crippen MR) is 146 cm³/mol. The molecule has 1 aliphatic heterocycles. The van der Waals surface area contributed by atoms with E-state index in [9.17, 15) is 19.1 Å². The Bertz CT molecular complexity index is 1770. The van der Waals surface area contributed by atoms with Crippen LogP contribution in [-0.4, -0.2) is 32.7 Å². The van der Waals surface area contributed by atoms with E-state index in [2.05, 4.69) is 16.3 Å². The summed E-state index contributed by atoms with van der Waals surface area (Å²) in [6, 6.07) is 19.2. The Balaban J connectivity index is 1.26. The third-order valence-electron chi connectivity index (χ3n) is 7.04. The molecule has 190 valence electrons. The lowest BCUT2D eigenvalue weighted by Gasteiger charge is -2.27. The van der Waals surface area contributed by atoms with Crippen molar-refractivity contribution in [2.24, 2.45) is 0 Å². The second kappa shape index (κ2) is 9.54. The van der Waals surface area contributed by atoms with Gasteiger partial charge in [0.1, 0.15) is 11.6 Å². The summed E-state index contributed by atoms with van der Waals surface area (Å²) in [6.45, 7) is 2.89. The van der Waals surface area contributed by atoms with Crippen LogP contribution in [0.25, 0.3) is 21.2 Å². The third-order valence-corrected chi connectivity index (χ3v) is 8.31. The first-order valence-corrected chi connectivity index (χ1v) is 13.1. The Kier molecular flexibility index (Phi) is 6.04. The summed E-state index contributed by atoms with van der Waals surface area (Å²) < 4.78 is 14.9. The second-order valence-electron chi connectivity index (χ2n) is 9.57. The fourth-order valence-electron chi connectivity index (χ4n) is 5.08. The maximum Gasteiger partial charge on any atom is 0.272 e. The average Bonchev–Trinajstić information content (AvgIpc) is 3.34. The standard InChI is InChI=1S/C30H24FN3O3S/c1-17-12-20(35)7-8-21(17)28-15-19-16-34(11-10-27(19)38-28)30(37)24-13-18(6-9-25(24)31)14-26-22-4-2-3-5-23(22)29(36)33-32-26/h2-9,12-13,15,35H,10-11,14,16H2,1H3,(H,33,36). The molecule has 0 fully saturated rings. The molecular weight excluding hydrogens is 501 g/mol. The van der Waals surface area contributed by atoms with Crippen LogP contribution in [0.5, 0.6) is 5.75 Å². The van der Waals surface area contributed by atoms with Gasteiger partial charge in [-0.3, -0.25) is 9.59 Å². The lowest BCUT2D eigenvalue weighted by molar-refractivity contribution is 0.0731. The minimum Gasteiger partial charge on any atom is -0.508 e. The van der Waals surface area contributed by atoms with Crippen LogP contribution in [0.4, 0.5) is 4.39 Å². The largest absolute Gasteiger partial charge is 0.508 e. The number of aromatic hydroxyl groups is 1. The molecule has 1 amide bonds. The maximum atomic E-state index is 14.9. The number of carbonyl (C=O) groups is 1. The van der Waals surface area contributed by atoms with E-state index in [0.29, 0.717) is 37.0 Å². The Hall–Kier alpha value is -4.30. The molecule has 0 aliphatic carbocycles. The molecule has 3 heterocycles. The number of phenolic OH excluding ortho intramolecular Hbond substituents is 1. The molecule has 3 aromatic carbocycles. The van der Waals surface area contributed by atoms with E-state index in [0.717, 1.165) is 32.5 Å². The number of amides is 1. The minimum atomic E-state index is -0.561. The summed E-state index contributed by atoms with van der Waals surface area (Å²) in [6.07, 6.45) is 1.05. The number of benzene rings is 3. The number of hydrogen-bond donors (Lipinski definition) is 2. The van der Waals surface area contributed by atoms with Gasteiger partial charge in [0.15, 0.2) is 0 Å². The van der Waals surface area contributed by atoms with E-state index in [1.807, 2.05) is 25.1 Å². The Morgan fingerprint density at radius 2 is 1.92 bits per heavy atom. The van der Waals surface area contributed by atoms with Crippen molar-refractivity contribution >= 4 is 28.0 Å². The normalized spacial score (nSPS) is 13.1. The summed E-state index contributed by atoms with van der Waals surface area (Å²) in [5.41, 5.74) is 4.27. The molecule has 8 heteroatoms. The molecule has 0 saturated heterocycles. The number of hydrogen-bond acceptors (Lipinski definition) is 5. The molecule has 38 heavy (non-hydrogen) atoms. The van der Waals surface area contributed by atoms with E-state index >= 15 is 0 Å². The maximum absolute atomic E-state index is 14.9. The zero-order chi connectivity index (χ0) is 26.4. The van der Waals surface area contributed by atoms with Crippen molar-refractivity contribution in [1.82, 2.24) is 15.1 Å². The second-order valence-corrected chi connectivity index (χ2v) is 10.7. The number of H-pyrrole nitrogens is 1. The Morgan fingerprint density at radius 3 is 2.74 bits per heavy atom. The van der Waals surface area contributed by atoms with Gasteiger partial charge in [-0.1, -0.05) is 24.3 Å². The molecule has 0 atom stereocenters. The van der Waals surface area contributed by atoms with E-state index in [1.54, 1.807) is 52.6 Å². The van der Waals surface area contributed by atoms with Gasteiger partial charge < -0.3 is 10.0 Å². The van der Waals surface area contributed by atoms with Crippen LogP contribution < -0.4 is 5.56 Å². The fourth-order valence-corrected chi connectivity index (χ4v) is 6.33. The van der Waals surface area contributed by atoms with E-state index in [-0.39, 0.29) is 22.8 Å². The number of fused-ring (bicyclic) bond motifs is 2. The van der Waals surface area contributed by atoms with Gasteiger partial charge in [-0.2, -0.15) is 5.10 Å². The molecule has 6 nitrogen and oxygen atoms in total. The van der Waals surface area contributed by atoms with Crippen molar-refractivity contribution < 1.29 is 14.3 Å². The first-order chi connectivity index (χ1) is 18.4. The van der Waals surface area contributed by atoms with Crippen molar-refractivity contribution in [2.45, 2.75) is 26.3 Å². The minimum absolute atomic E-state index is 0.0320. The molecule has 0 radical (unpaired) electrons. The van der Waals surface area contributed by atoms with Crippen molar-refractivity contribution in [2.75, 3.05) is 6.54 Å². The van der Waals surface area contributed by atoms with Crippen LogP contribution in [0, 0.1) is 12.7 Å². The fraction of sp³-hybridized carbons (Fsp3) is 0.167. The van der Waals surface area contributed by atoms with Gasteiger partial charge in [-0.15, -0.1) is 11.3 Å². The summed E-state index contributed by atoms with van der Waals surface area (Å²) in [4.78, 5) is 29.6. The van der Waals surface area contributed by atoms with Gasteiger partial charge in [0.2, 0.25) is 0 Å². The molecule has 5 aromatic rings. The van der Waals surface area contributed by atoms with Crippen molar-refractivity contribution in [3.8, 4) is 16.2 Å². The molecule has 0 saturated carbocycles. The molecule has 2 N–H and O–H groups in total. The van der Waals surface area contributed by atoms with Crippen molar-refractivity contribution in [1.29, 1.82) is 0 Å². The van der Waals surface area contributed by atoms with Crippen LogP contribution in [-0.2, 0) is 19.4 Å². The smallest absolute Gasteiger partial charge is 0.272 e. The van der Waals surface area contributed by atoms with E-state index in [1.165, 1.54) is 10.9 Å². The highest BCUT2D eigenvalue weighted by molar-refractivity contribution is 7.15. The Morgan fingerprint density at radius 1 is 1.11 bits per heavy atom. The lowest BCUT2D eigenvalue weighted by Crippen LogP contribution is -2.35. The van der Waals surface area contributed by atoms with Gasteiger partial charge in [0.05, 0.1) is 16.6 Å². The van der Waals surface area contributed by atoms with Crippen molar-refractivity contribution in [3.05, 3.63) is 116 Å². The molecule has 0 spiro atoms. The molecular formula is C30H24FN3O3S. The van der Waals surface area contributed by atoms with Crippen molar-refractivity contribution in [3.63, 3.8) is 0 Å². The first-order valence-electron chi connectivity index (χ1n) is 12.3. The molecule has 2 aromatic heterocycles. The number of aromatic amines is 1. The number of rotatable bonds is 4. The number of aryl methyl sites for hydroxylation is 1. The Labute approximate surface area is 222 Å². The highest BCUT2D eigenvalue weighted by atomic mass is 32.1. The number of phenols is 1. The quantitative estimate of drug-likeness (QED) is 0.320. The van der Waals surface area contributed by atoms with Crippen LogP contribution in [0.15, 0.2) is 71.5 Å². The zero-order valence-electron chi connectivity index (χ0n) is 20.6. The van der Waals surface area contributed by atoms with Crippen LogP contribution in [0.1, 0.15) is 37.6 Å². The predicted octanol–water partition coefficient (Wildman–Crippen LogP) is 5.59. The number of halogens is 1. The van der Waals surface area contributed by atoms with Gasteiger partial charge in [-0.05, 0) is 78.1 Å². The highest BCUT2D eigenvalue weighted by Gasteiger charge is 2.26. The lowest BCUT2D eigenvalue weighted by atomic mass is 10.0. The average molecular weight is 526 g/mol.